The number of hydrogen-bond donors (Lipinski definition) is 0. The minimum Gasteiger partial charge on any atom is -0.376 e. The van der Waals surface area contributed by atoms with Crippen molar-refractivity contribution < 1.29 is 13.9 Å². The maximum Gasteiger partial charge on any atom is 0.224 e. The van der Waals surface area contributed by atoms with Gasteiger partial charge in [0.25, 0.3) is 0 Å². The van der Waals surface area contributed by atoms with Gasteiger partial charge in [-0.15, -0.1) is 0 Å². The first kappa shape index (κ1) is 21.9. The predicted molar refractivity (Wildman–Crippen MR) is 115 cm³/mol. The van der Waals surface area contributed by atoms with Crippen LogP contribution in [0.2, 0.25) is 0 Å². The van der Waals surface area contributed by atoms with Gasteiger partial charge in [0.1, 0.15) is 18.5 Å². The molecule has 168 valence electrons. The lowest BCUT2D eigenvalue weighted by atomic mass is 9.95. The number of rotatable bonds is 9. The van der Waals surface area contributed by atoms with E-state index in [-0.39, 0.29) is 17.8 Å². The lowest BCUT2D eigenvalue weighted by Crippen LogP contribution is -2.43. The molecule has 2 aliphatic rings. The minimum atomic E-state index is -0.134. The van der Waals surface area contributed by atoms with Gasteiger partial charge in [0.15, 0.2) is 0 Å². The summed E-state index contributed by atoms with van der Waals surface area (Å²) in [5.74, 6) is 0.485. The number of ether oxygens (including phenoxy) is 1. The van der Waals surface area contributed by atoms with Crippen molar-refractivity contribution in [1.82, 2.24) is 24.6 Å². The zero-order valence-corrected chi connectivity index (χ0v) is 18.0. The predicted octanol–water partition coefficient (Wildman–Crippen LogP) is 2.73. The fourth-order valence-electron chi connectivity index (χ4n) is 4.54. The standard InChI is InChI=1S/C23H32FN5O2/c24-22-6-2-1-4-20(22)15-27-10-7-19(8-11-27)14-28(16-21-5-3-13-31-21)23(30)9-12-29-18-25-17-26-29/h1-2,4,6,17-19,21H,3,5,7-16H2/t21-/m1/s1. The molecule has 2 saturated heterocycles. The van der Waals surface area contributed by atoms with E-state index in [1.54, 1.807) is 17.1 Å². The molecule has 0 unspecified atom stereocenters. The molecule has 2 fully saturated rings. The van der Waals surface area contributed by atoms with E-state index in [9.17, 15) is 9.18 Å². The highest BCUT2D eigenvalue weighted by molar-refractivity contribution is 5.76. The molecule has 3 heterocycles. The zero-order chi connectivity index (χ0) is 21.5. The maximum absolute atomic E-state index is 14.0. The lowest BCUT2D eigenvalue weighted by molar-refractivity contribution is -0.134. The second-order valence-electron chi connectivity index (χ2n) is 8.65. The summed E-state index contributed by atoms with van der Waals surface area (Å²) in [7, 11) is 0. The van der Waals surface area contributed by atoms with Gasteiger partial charge in [-0.25, -0.2) is 9.37 Å². The van der Waals surface area contributed by atoms with E-state index in [0.29, 0.717) is 32.0 Å². The van der Waals surface area contributed by atoms with Gasteiger partial charge in [0, 0.05) is 38.2 Å². The van der Waals surface area contributed by atoms with Crippen molar-refractivity contribution in [2.75, 3.05) is 32.8 Å². The van der Waals surface area contributed by atoms with Crippen LogP contribution in [0.3, 0.4) is 0 Å². The Morgan fingerprint density at radius 2 is 2.03 bits per heavy atom. The normalized spacial score (nSPS) is 20.2. The van der Waals surface area contributed by atoms with Gasteiger partial charge < -0.3 is 9.64 Å². The highest BCUT2D eigenvalue weighted by atomic mass is 19.1. The van der Waals surface area contributed by atoms with Crippen LogP contribution in [-0.4, -0.2) is 69.4 Å². The molecule has 1 aromatic carbocycles. The van der Waals surface area contributed by atoms with Crippen LogP contribution in [0.4, 0.5) is 4.39 Å². The van der Waals surface area contributed by atoms with Gasteiger partial charge in [0.2, 0.25) is 5.91 Å². The number of carbonyl (C=O) groups is 1. The van der Waals surface area contributed by atoms with Crippen LogP contribution in [0.1, 0.15) is 37.7 Å². The number of nitrogens with zero attached hydrogens (tertiary/aromatic N) is 5. The summed E-state index contributed by atoms with van der Waals surface area (Å²) >= 11 is 0. The SMILES string of the molecule is O=C(CCn1cncn1)N(CC1CCN(Cc2ccccc2F)CC1)C[C@H]1CCCO1. The number of benzene rings is 1. The Hall–Kier alpha value is -2.32. The molecule has 1 amide bonds. The Bertz CT molecular complexity index is 817. The Morgan fingerprint density at radius 1 is 1.19 bits per heavy atom. The van der Waals surface area contributed by atoms with Gasteiger partial charge in [-0.1, -0.05) is 18.2 Å². The first-order valence-corrected chi connectivity index (χ1v) is 11.3. The van der Waals surface area contributed by atoms with E-state index in [0.717, 1.165) is 57.5 Å². The third-order valence-corrected chi connectivity index (χ3v) is 6.36. The molecule has 0 saturated carbocycles. The first-order chi connectivity index (χ1) is 15.2. The van der Waals surface area contributed by atoms with Gasteiger partial charge in [-0.3, -0.25) is 14.4 Å². The van der Waals surface area contributed by atoms with Crippen LogP contribution in [-0.2, 0) is 22.6 Å². The summed E-state index contributed by atoms with van der Waals surface area (Å²) in [6, 6.07) is 7.00. The van der Waals surface area contributed by atoms with Gasteiger partial charge in [0.05, 0.1) is 12.6 Å². The molecule has 0 aliphatic carbocycles. The fourth-order valence-corrected chi connectivity index (χ4v) is 4.54. The quantitative estimate of drug-likeness (QED) is 0.613. The Morgan fingerprint density at radius 3 is 2.74 bits per heavy atom. The molecule has 0 spiro atoms. The number of piperidine rings is 1. The number of halogens is 1. The fraction of sp³-hybridized carbons (Fsp3) is 0.609. The Kier molecular flexibility index (Phi) is 7.64. The van der Waals surface area contributed by atoms with Crippen molar-refractivity contribution in [2.45, 2.75) is 51.3 Å². The smallest absolute Gasteiger partial charge is 0.224 e. The molecule has 8 heteroatoms. The summed E-state index contributed by atoms with van der Waals surface area (Å²) in [5, 5.41) is 4.09. The summed E-state index contributed by atoms with van der Waals surface area (Å²) in [4.78, 5) is 21.3. The van der Waals surface area contributed by atoms with E-state index < -0.39 is 0 Å². The van der Waals surface area contributed by atoms with Crippen LogP contribution in [0, 0.1) is 11.7 Å². The molecule has 0 N–H and O–H groups in total. The first-order valence-electron chi connectivity index (χ1n) is 11.3. The molecule has 4 rings (SSSR count). The third kappa shape index (κ3) is 6.33. The second-order valence-corrected chi connectivity index (χ2v) is 8.65. The van der Waals surface area contributed by atoms with Crippen LogP contribution < -0.4 is 0 Å². The van der Waals surface area contributed by atoms with Crippen LogP contribution >= 0.6 is 0 Å². The van der Waals surface area contributed by atoms with E-state index in [1.807, 2.05) is 17.0 Å². The van der Waals surface area contributed by atoms with Crippen LogP contribution in [0.25, 0.3) is 0 Å². The molecule has 31 heavy (non-hydrogen) atoms. The molecule has 1 atom stereocenters. The van der Waals surface area contributed by atoms with E-state index in [2.05, 4.69) is 15.0 Å². The summed E-state index contributed by atoms with van der Waals surface area (Å²) in [6.07, 6.45) is 7.83. The van der Waals surface area contributed by atoms with Gasteiger partial charge in [-0.05, 0) is 50.8 Å². The summed E-state index contributed by atoms with van der Waals surface area (Å²) in [6.45, 7) is 5.28. The molecule has 0 radical (unpaired) electrons. The van der Waals surface area contributed by atoms with Crippen LogP contribution in [0.5, 0.6) is 0 Å². The van der Waals surface area contributed by atoms with Gasteiger partial charge >= 0.3 is 0 Å². The van der Waals surface area contributed by atoms with Crippen molar-refractivity contribution in [3.05, 3.63) is 48.3 Å². The van der Waals surface area contributed by atoms with Crippen molar-refractivity contribution >= 4 is 5.91 Å². The second kappa shape index (κ2) is 10.8. The van der Waals surface area contributed by atoms with Crippen molar-refractivity contribution in [3.8, 4) is 0 Å². The highest BCUT2D eigenvalue weighted by Gasteiger charge is 2.27. The number of amides is 1. The summed E-state index contributed by atoms with van der Waals surface area (Å²) in [5.41, 5.74) is 0.754. The maximum atomic E-state index is 14.0. The van der Waals surface area contributed by atoms with Crippen molar-refractivity contribution in [1.29, 1.82) is 0 Å². The largest absolute Gasteiger partial charge is 0.376 e. The molecular weight excluding hydrogens is 397 g/mol. The Balaban J connectivity index is 1.29. The number of aryl methyl sites for hydroxylation is 1. The topological polar surface area (TPSA) is 63.5 Å². The zero-order valence-electron chi connectivity index (χ0n) is 18.0. The molecule has 7 nitrogen and oxygen atoms in total. The van der Waals surface area contributed by atoms with Gasteiger partial charge in [-0.2, -0.15) is 5.10 Å². The number of hydrogen-bond acceptors (Lipinski definition) is 5. The highest BCUT2D eigenvalue weighted by Crippen LogP contribution is 2.23. The number of carbonyl (C=O) groups excluding carboxylic acids is 1. The van der Waals surface area contributed by atoms with E-state index >= 15 is 0 Å². The Labute approximate surface area is 183 Å². The van der Waals surface area contributed by atoms with Crippen LogP contribution in [0.15, 0.2) is 36.9 Å². The van der Waals surface area contributed by atoms with Crippen molar-refractivity contribution in [2.24, 2.45) is 5.92 Å². The van der Waals surface area contributed by atoms with E-state index in [1.165, 1.54) is 12.4 Å². The monoisotopic (exact) mass is 429 g/mol. The number of aromatic nitrogens is 3. The minimum absolute atomic E-state index is 0.134. The molecule has 1 aromatic heterocycles. The third-order valence-electron chi connectivity index (χ3n) is 6.36. The average molecular weight is 430 g/mol. The molecule has 0 bridgehead atoms. The molecule has 2 aliphatic heterocycles. The number of likely N-dealkylation sites (tertiary alicyclic amines) is 1. The average Bonchev–Trinajstić information content (AvgIpc) is 3.49. The van der Waals surface area contributed by atoms with E-state index in [4.69, 9.17) is 4.74 Å². The molecular formula is C23H32FN5O2. The molecule has 2 aromatic rings. The van der Waals surface area contributed by atoms with Crippen molar-refractivity contribution in [3.63, 3.8) is 0 Å². The lowest BCUT2D eigenvalue weighted by Gasteiger charge is -2.35. The summed E-state index contributed by atoms with van der Waals surface area (Å²) < 4.78 is 21.5.